The predicted octanol–water partition coefficient (Wildman–Crippen LogP) is 3.51. The fourth-order valence-electron chi connectivity index (χ4n) is 3.91. The molecule has 3 atom stereocenters. The van der Waals surface area contributed by atoms with Crippen molar-refractivity contribution in [3.05, 3.63) is 54.1 Å². The average Bonchev–Trinajstić information content (AvgIpc) is 3.23. The molecule has 2 N–H and O–H groups in total. The monoisotopic (exact) mass is 474 g/mol. The Balaban J connectivity index is 1.59. The molecule has 1 fully saturated rings. The number of amides is 1. The first-order valence-corrected chi connectivity index (χ1v) is 11.7. The maximum atomic E-state index is 13.7. The van der Waals surface area contributed by atoms with Gasteiger partial charge < -0.3 is 24.6 Å². The van der Waals surface area contributed by atoms with Crippen LogP contribution < -0.4 is 19.5 Å². The van der Waals surface area contributed by atoms with E-state index >= 15 is 0 Å². The molecule has 2 aromatic rings. The van der Waals surface area contributed by atoms with Gasteiger partial charge in [0, 0.05) is 19.6 Å². The standard InChI is InChI=1S/C26H35FN2O5/c1-18(2)34-23-6-4-19(5-7-23)26(31)24(17-29-14-12-20(27)16-29)28-25(30)13-15-33-22-10-8-21(32-3)9-11-22/h4-11,18,20,24,26,31H,12-17H2,1-3H3,(H,28,30)/t20-,24-,26-/m1/s1. The highest BCUT2D eigenvalue weighted by atomic mass is 19.1. The van der Waals surface area contributed by atoms with Crippen molar-refractivity contribution >= 4 is 5.91 Å². The highest BCUT2D eigenvalue weighted by Crippen LogP contribution is 2.23. The minimum absolute atomic E-state index is 0.0479. The van der Waals surface area contributed by atoms with E-state index in [0.29, 0.717) is 43.1 Å². The summed E-state index contributed by atoms with van der Waals surface area (Å²) in [7, 11) is 1.59. The van der Waals surface area contributed by atoms with E-state index in [1.807, 2.05) is 18.7 Å². The van der Waals surface area contributed by atoms with E-state index in [0.717, 1.165) is 5.75 Å². The Hall–Kier alpha value is -2.84. The molecule has 0 bridgehead atoms. The van der Waals surface area contributed by atoms with Crippen molar-refractivity contribution in [3.63, 3.8) is 0 Å². The average molecular weight is 475 g/mol. The summed E-state index contributed by atoms with van der Waals surface area (Å²) in [5.41, 5.74) is 0.659. The summed E-state index contributed by atoms with van der Waals surface area (Å²) in [5.74, 6) is 1.83. The smallest absolute Gasteiger partial charge is 0.223 e. The minimum Gasteiger partial charge on any atom is -0.497 e. The van der Waals surface area contributed by atoms with Gasteiger partial charge in [0.2, 0.25) is 5.91 Å². The number of alkyl halides is 1. The van der Waals surface area contributed by atoms with Crippen LogP contribution in [-0.2, 0) is 4.79 Å². The molecule has 3 rings (SSSR count). The molecule has 2 aromatic carbocycles. The van der Waals surface area contributed by atoms with Crippen molar-refractivity contribution in [1.82, 2.24) is 10.2 Å². The molecular weight excluding hydrogens is 439 g/mol. The van der Waals surface area contributed by atoms with Gasteiger partial charge in [-0.3, -0.25) is 9.69 Å². The van der Waals surface area contributed by atoms with Gasteiger partial charge in [-0.05, 0) is 62.2 Å². The second-order valence-electron chi connectivity index (χ2n) is 8.77. The van der Waals surface area contributed by atoms with Crippen LogP contribution in [0.5, 0.6) is 17.2 Å². The zero-order valence-corrected chi connectivity index (χ0v) is 20.1. The number of carbonyl (C=O) groups excluding carboxylic acids is 1. The Labute approximate surface area is 200 Å². The molecule has 1 aliphatic rings. The number of hydrogen-bond acceptors (Lipinski definition) is 6. The van der Waals surface area contributed by atoms with Crippen LogP contribution in [0.1, 0.15) is 38.4 Å². The molecule has 0 spiro atoms. The molecule has 1 saturated heterocycles. The maximum absolute atomic E-state index is 13.7. The zero-order chi connectivity index (χ0) is 24.5. The van der Waals surface area contributed by atoms with Gasteiger partial charge in [-0.25, -0.2) is 4.39 Å². The SMILES string of the molecule is COc1ccc(OCCC(=O)N[C@H](CN2CC[C@@H](F)C2)[C@H](O)c2ccc(OC(C)C)cc2)cc1. The lowest BCUT2D eigenvalue weighted by molar-refractivity contribution is -0.123. The van der Waals surface area contributed by atoms with Gasteiger partial charge in [-0.2, -0.15) is 0 Å². The zero-order valence-electron chi connectivity index (χ0n) is 20.1. The van der Waals surface area contributed by atoms with Gasteiger partial charge in [0.1, 0.15) is 29.5 Å². The van der Waals surface area contributed by atoms with Crippen LogP contribution in [0.2, 0.25) is 0 Å². The highest BCUT2D eigenvalue weighted by Gasteiger charge is 2.29. The summed E-state index contributed by atoms with van der Waals surface area (Å²) >= 11 is 0. The van der Waals surface area contributed by atoms with Crippen LogP contribution in [-0.4, -0.2) is 67.6 Å². The summed E-state index contributed by atoms with van der Waals surface area (Å²) in [6.45, 7) is 5.35. The van der Waals surface area contributed by atoms with E-state index in [9.17, 15) is 14.3 Å². The molecule has 1 aliphatic heterocycles. The number of ether oxygens (including phenoxy) is 3. The second kappa shape index (κ2) is 12.6. The summed E-state index contributed by atoms with van der Waals surface area (Å²) in [4.78, 5) is 14.6. The summed E-state index contributed by atoms with van der Waals surface area (Å²) in [6, 6.07) is 13.7. The molecule has 186 valence electrons. The first-order valence-electron chi connectivity index (χ1n) is 11.7. The molecule has 0 radical (unpaired) electrons. The van der Waals surface area contributed by atoms with Gasteiger partial charge in [0.05, 0.1) is 32.3 Å². The van der Waals surface area contributed by atoms with E-state index in [1.54, 1.807) is 55.6 Å². The van der Waals surface area contributed by atoms with Gasteiger partial charge in [0.25, 0.3) is 0 Å². The molecule has 34 heavy (non-hydrogen) atoms. The Morgan fingerprint density at radius 2 is 1.76 bits per heavy atom. The van der Waals surface area contributed by atoms with Gasteiger partial charge in [-0.15, -0.1) is 0 Å². The summed E-state index contributed by atoms with van der Waals surface area (Å²) in [6.07, 6.45) is -1.18. The molecule has 0 aromatic heterocycles. The van der Waals surface area contributed by atoms with E-state index in [-0.39, 0.29) is 25.0 Å². The summed E-state index contributed by atoms with van der Waals surface area (Å²) < 4.78 is 30.1. The largest absolute Gasteiger partial charge is 0.497 e. The normalized spacial score (nSPS) is 17.9. The Bertz CT molecular complexity index is 891. The Morgan fingerprint density at radius 1 is 1.12 bits per heavy atom. The number of aliphatic hydroxyl groups excluding tert-OH is 1. The van der Waals surface area contributed by atoms with Crippen molar-refractivity contribution < 1.29 is 28.5 Å². The fourth-order valence-corrected chi connectivity index (χ4v) is 3.91. The number of hydrogen-bond donors (Lipinski definition) is 2. The molecule has 0 saturated carbocycles. The van der Waals surface area contributed by atoms with Crippen molar-refractivity contribution in [2.45, 2.75) is 51.1 Å². The molecule has 0 unspecified atom stereocenters. The van der Waals surface area contributed by atoms with Crippen LogP contribution in [0.25, 0.3) is 0 Å². The third-order valence-electron chi connectivity index (χ3n) is 5.65. The number of rotatable bonds is 12. The van der Waals surface area contributed by atoms with Crippen molar-refractivity contribution in [1.29, 1.82) is 0 Å². The van der Waals surface area contributed by atoms with Crippen LogP contribution in [0.3, 0.4) is 0 Å². The van der Waals surface area contributed by atoms with Gasteiger partial charge >= 0.3 is 0 Å². The van der Waals surface area contributed by atoms with E-state index in [2.05, 4.69) is 5.32 Å². The van der Waals surface area contributed by atoms with Crippen LogP contribution in [0, 0.1) is 0 Å². The molecule has 8 heteroatoms. The van der Waals surface area contributed by atoms with Crippen molar-refractivity contribution in [3.8, 4) is 17.2 Å². The number of likely N-dealkylation sites (tertiary alicyclic amines) is 1. The fraction of sp³-hybridized carbons (Fsp3) is 0.500. The second-order valence-corrected chi connectivity index (χ2v) is 8.77. The molecule has 1 heterocycles. The maximum Gasteiger partial charge on any atom is 0.223 e. The molecule has 7 nitrogen and oxygen atoms in total. The van der Waals surface area contributed by atoms with Crippen LogP contribution >= 0.6 is 0 Å². The number of methoxy groups -OCH3 is 1. The van der Waals surface area contributed by atoms with Gasteiger partial charge in [-0.1, -0.05) is 12.1 Å². The van der Waals surface area contributed by atoms with Crippen molar-refractivity contribution in [2.75, 3.05) is 33.4 Å². The minimum atomic E-state index is -0.946. The van der Waals surface area contributed by atoms with Crippen molar-refractivity contribution in [2.24, 2.45) is 0 Å². The van der Waals surface area contributed by atoms with E-state index in [1.165, 1.54) is 0 Å². The Morgan fingerprint density at radius 3 is 2.35 bits per heavy atom. The number of carbonyl (C=O) groups is 1. The summed E-state index contributed by atoms with van der Waals surface area (Å²) in [5, 5.41) is 14.0. The first kappa shape index (κ1) is 25.8. The lowest BCUT2D eigenvalue weighted by atomic mass is 10.0. The number of nitrogens with zero attached hydrogens (tertiary/aromatic N) is 1. The highest BCUT2D eigenvalue weighted by molar-refractivity contribution is 5.76. The third-order valence-corrected chi connectivity index (χ3v) is 5.65. The van der Waals surface area contributed by atoms with Crippen LogP contribution in [0.4, 0.5) is 4.39 Å². The molecule has 1 amide bonds. The first-order chi connectivity index (χ1) is 16.3. The van der Waals surface area contributed by atoms with E-state index in [4.69, 9.17) is 14.2 Å². The molecular formula is C26H35FN2O5. The topological polar surface area (TPSA) is 80.3 Å². The van der Waals surface area contributed by atoms with E-state index < -0.39 is 18.3 Å². The lowest BCUT2D eigenvalue weighted by Crippen LogP contribution is -2.47. The number of nitrogens with one attached hydrogen (secondary N) is 1. The Kier molecular flexibility index (Phi) is 9.53. The molecule has 0 aliphatic carbocycles. The quantitative estimate of drug-likeness (QED) is 0.490. The number of benzene rings is 2. The lowest BCUT2D eigenvalue weighted by Gasteiger charge is -2.29. The third kappa shape index (κ3) is 7.88. The van der Waals surface area contributed by atoms with Gasteiger partial charge in [0.15, 0.2) is 0 Å². The van der Waals surface area contributed by atoms with Crippen LogP contribution in [0.15, 0.2) is 48.5 Å². The predicted molar refractivity (Wildman–Crippen MR) is 128 cm³/mol. The number of halogens is 1. The number of aliphatic hydroxyl groups is 1.